The number of hydrogen-bond donors (Lipinski definition) is 0. The Kier molecular flexibility index (Phi) is 8.53. The molecule has 62 heavy (non-hydrogen) atoms. The number of benzene rings is 10. The Balaban J connectivity index is 1.000. The number of para-hydroxylation sites is 1. The fraction of sp³-hybridized carbons (Fsp3) is 0. The van der Waals surface area contributed by atoms with Crippen molar-refractivity contribution in [3.8, 4) is 67.0 Å². The third-order valence-electron chi connectivity index (χ3n) is 12.5. The zero-order valence-corrected chi connectivity index (χ0v) is 34.0. The van der Waals surface area contributed by atoms with Gasteiger partial charge in [0.15, 0.2) is 0 Å². The van der Waals surface area contributed by atoms with Gasteiger partial charge in [-0.05, 0) is 122 Å². The van der Waals surface area contributed by atoms with Crippen LogP contribution < -0.4 is 0 Å². The number of rotatable bonds is 7. The molecule has 0 aliphatic rings. The molecule has 2 aromatic heterocycles. The number of nitrogens with zero attached hydrogens (tertiary/aromatic N) is 2. The molecular weight excluding hydrogens is 749 g/mol. The average Bonchev–Trinajstić information content (AvgIpc) is 3.87. The van der Waals surface area contributed by atoms with Crippen molar-refractivity contribution in [2.75, 3.05) is 0 Å². The van der Waals surface area contributed by atoms with E-state index in [-0.39, 0.29) is 0 Å². The molecule has 12 aromatic rings. The van der Waals surface area contributed by atoms with E-state index in [0.29, 0.717) is 0 Å². The van der Waals surface area contributed by atoms with E-state index >= 15 is 0 Å². The van der Waals surface area contributed by atoms with Crippen LogP contribution in [-0.2, 0) is 0 Å². The normalized spacial score (nSPS) is 11.5. The van der Waals surface area contributed by atoms with Crippen molar-refractivity contribution in [3.05, 3.63) is 243 Å². The Hall–Kier alpha value is -8.20. The summed E-state index contributed by atoms with van der Waals surface area (Å²) in [6, 6.07) is 88.4. The summed E-state index contributed by atoms with van der Waals surface area (Å²) in [5.74, 6) is 0. The molecule has 0 radical (unpaired) electrons. The van der Waals surface area contributed by atoms with Crippen molar-refractivity contribution in [1.82, 2.24) is 9.13 Å². The first kappa shape index (κ1) is 35.7. The van der Waals surface area contributed by atoms with Crippen molar-refractivity contribution in [3.63, 3.8) is 0 Å². The Bertz CT molecular complexity index is 3600. The monoisotopic (exact) mass is 788 g/mol. The van der Waals surface area contributed by atoms with Gasteiger partial charge in [-0.3, -0.25) is 0 Å². The lowest BCUT2D eigenvalue weighted by atomic mass is 9.97. The Labute approximate surface area is 360 Å². The van der Waals surface area contributed by atoms with Gasteiger partial charge in [-0.2, -0.15) is 0 Å². The van der Waals surface area contributed by atoms with Crippen LogP contribution in [0.2, 0.25) is 0 Å². The van der Waals surface area contributed by atoms with Gasteiger partial charge in [-0.15, -0.1) is 0 Å². The molecular formula is C60H40N2. The van der Waals surface area contributed by atoms with Gasteiger partial charge in [-0.25, -0.2) is 0 Å². The summed E-state index contributed by atoms with van der Waals surface area (Å²) < 4.78 is 4.85. The van der Waals surface area contributed by atoms with Crippen molar-refractivity contribution in [2.45, 2.75) is 0 Å². The zero-order valence-electron chi connectivity index (χ0n) is 34.0. The van der Waals surface area contributed by atoms with Crippen LogP contribution in [0.3, 0.4) is 0 Å². The highest BCUT2D eigenvalue weighted by Gasteiger charge is 2.19. The van der Waals surface area contributed by atoms with Crippen LogP contribution >= 0.6 is 0 Å². The highest BCUT2D eigenvalue weighted by molar-refractivity contribution is 6.17. The summed E-state index contributed by atoms with van der Waals surface area (Å²) in [5, 5.41) is 4.97. The molecule has 0 unspecified atom stereocenters. The van der Waals surface area contributed by atoms with E-state index in [1.807, 2.05) is 0 Å². The molecule has 10 aromatic carbocycles. The lowest BCUT2D eigenvalue weighted by molar-refractivity contribution is 1.18. The molecule has 0 fully saturated rings. The summed E-state index contributed by atoms with van der Waals surface area (Å²) in [5.41, 5.74) is 19.1. The molecule has 0 saturated heterocycles. The van der Waals surface area contributed by atoms with Crippen molar-refractivity contribution in [1.29, 1.82) is 0 Å². The van der Waals surface area contributed by atoms with Crippen LogP contribution in [0.25, 0.3) is 111 Å². The topological polar surface area (TPSA) is 9.86 Å². The van der Waals surface area contributed by atoms with Gasteiger partial charge in [0.25, 0.3) is 0 Å². The van der Waals surface area contributed by atoms with Crippen LogP contribution in [0.5, 0.6) is 0 Å². The standard InChI is InChI=1S/C60H40N2/c1-4-15-41(16-5-1)45-21-12-22-46(37-45)43-29-33-50(34-30-43)61-58-36-32-49(40-55(58)60-52(26-14-28-59(60)61)44-19-8-3-9-20-44)48-31-35-57-54(39-48)53-25-10-11-27-56(53)62(57)51-24-13-23-47(38-51)42-17-6-2-7-18-42/h1-40H. The smallest absolute Gasteiger partial charge is 0.0547 e. The Morgan fingerprint density at radius 2 is 0.645 bits per heavy atom. The first-order valence-electron chi connectivity index (χ1n) is 21.3. The average molecular weight is 789 g/mol. The van der Waals surface area contributed by atoms with Gasteiger partial charge in [0.05, 0.1) is 22.1 Å². The maximum Gasteiger partial charge on any atom is 0.0547 e. The maximum absolute atomic E-state index is 2.44. The van der Waals surface area contributed by atoms with Gasteiger partial charge in [0.1, 0.15) is 0 Å². The van der Waals surface area contributed by atoms with Crippen LogP contribution in [-0.4, -0.2) is 9.13 Å². The van der Waals surface area contributed by atoms with E-state index in [9.17, 15) is 0 Å². The van der Waals surface area contributed by atoms with E-state index in [1.165, 1.54) is 99.2 Å². The number of aromatic nitrogens is 2. The van der Waals surface area contributed by atoms with Gasteiger partial charge in [0.2, 0.25) is 0 Å². The van der Waals surface area contributed by atoms with Crippen LogP contribution in [0.15, 0.2) is 243 Å². The first-order valence-corrected chi connectivity index (χ1v) is 21.3. The molecule has 2 heteroatoms. The molecule has 0 aliphatic carbocycles. The Morgan fingerprint density at radius 1 is 0.210 bits per heavy atom. The second kappa shape index (κ2) is 14.8. The van der Waals surface area contributed by atoms with Gasteiger partial charge in [0, 0.05) is 32.9 Å². The van der Waals surface area contributed by atoms with Crippen LogP contribution in [0.1, 0.15) is 0 Å². The molecule has 0 amide bonds. The zero-order chi connectivity index (χ0) is 41.0. The summed E-state index contributed by atoms with van der Waals surface area (Å²) >= 11 is 0. The highest BCUT2D eigenvalue weighted by atomic mass is 15.0. The summed E-state index contributed by atoms with van der Waals surface area (Å²) in [6.07, 6.45) is 0. The van der Waals surface area contributed by atoms with Gasteiger partial charge in [-0.1, -0.05) is 176 Å². The minimum atomic E-state index is 1.14. The largest absolute Gasteiger partial charge is 0.309 e. The van der Waals surface area contributed by atoms with E-state index < -0.39 is 0 Å². The third-order valence-corrected chi connectivity index (χ3v) is 12.5. The van der Waals surface area contributed by atoms with E-state index in [0.717, 1.165) is 11.4 Å². The molecule has 0 saturated carbocycles. The van der Waals surface area contributed by atoms with Crippen molar-refractivity contribution in [2.24, 2.45) is 0 Å². The number of hydrogen-bond acceptors (Lipinski definition) is 0. The number of fused-ring (bicyclic) bond motifs is 6. The molecule has 12 rings (SSSR count). The first-order chi connectivity index (χ1) is 30.7. The predicted octanol–water partition coefficient (Wildman–Crippen LogP) is 16.2. The minimum Gasteiger partial charge on any atom is -0.309 e. The van der Waals surface area contributed by atoms with Crippen LogP contribution in [0.4, 0.5) is 0 Å². The fourth-order valence-corrected chi connectivity index (χ4v) is 9.58. The van der Waals surface area contributed by atoms with Crippen LogP contribution in [0, 0.1) is 0 Å². The Morgan fingerprint density at radius 3 is 1.32 bits per heavy atom. The van der Waals surface area contributed by atoms with E-state index in [4.69, 9.17) is 0 Å². The quantitative estimate of drug-likeness (QED) is 0.152. The summed E-state index contributed by atoms with van der Waals surface area (Å²) in [4.78, 5) is 0. The maximum atomic E-state index is 2.44. The summed E-state index contributed by atoms with van der Waals surface area (Å²) in [7, 11) is 0. The minimum absolute atomic E-state index is 1.14. The molecule has 0 bridgehead atoms. The molecule has 0 spiro atoms. The molecule has 2 heterocycles. The second-order valence-electron chi connectivity index (χ2n) is 16.1. The molecule has 2 nitrogen and oxygen atoms in total. The SMILES string of the molecule is c1ccc(-c2cccc(-c3ccc(-n4c5ccc(-c6ccc7c(c6)c6ccccc6n7-c6cccc(-c7ccccc7)c6)cc5c5c(-c6ccccc6)cccc54)cc3)c2)cc1. The van der Waals surface area contributed by atoms with Gasteiger partial charge >= 0.3 is 0 Å². The fourth-order valence-electron chi connectivity index (χ4n) is 9.58. The molecule has 0 N–H and O–H groups in total. The molecule has 290 valence electrons. The third kappa shape index (κ3) is 6.04. The molecule has 0 atom stereocenters. The highest BCUT2D eigenvalue weighted by Crippen LogP contribution is 2.42. The van der Waals surface area contributed by atoms with Crippen molar-refractivity contribution >= 4 is 43.6 Å². The summed E-state index contributed by atoms with van der Waals surface area (Å²) in [6.45, 7) is 0. The van der Waals surface area contributed by atoms with E-state index in [2.05, 4.69) is 252 Å². The van der Waals surface area contributed by atoms with Crippen molar-refractivity contribution < 1.29 is 0 Å². The van der Waals surface area contributed by atoms with Gasteiger partial charge < -0.3 is 9.13 Å². The second-order valence-corrected chi connectivity index (χ2v) is 16.1. The lowest BCUT2D eigenvalue weighted by Crippen LogP contribution is -1.94. The predicted molar refractivity (Wildman–Crippen MR) is 262 cm³/mol. The molecule has 0 aliphatic heterocycles. The lowest BCUT2D eigenvalue weighted by Gasteiger charge is -2.11. The van der Waals surface area contributed by atoms with E-state index in [1.54, 1.807) is 0 Å².